The molecule has 0 bridgehead atoms. The fraction of sp³-hybridized carbons (Fsp3) is 0.179. The lowest BCUT2D eigenvalue weighted by Crippen LogP contribution is -2.18. The predicted octanol–water partition coefficient (Wildman–Crippen LogP) is 6.56. The molecule has 3 aromatic carbocycles. The van der Waals surface area contributed by atoms with Gasteiger partial charge in [-0.05, 0) is 36.1 Å². The summed E-state index contributed by atoms with van der Waals surface area (Å²) < 4.78 is 10.7. The first-order valence-corrected chi connectivity index (χ1v) is 11.8. The van der Waals surface area contributed by atoms with E-state index in [9.17, 15) is 4.79 Å². The zero-order valence-corrected chi connectivity index (χ0v) is 20.2. The number of ether oxygens (including phenoxy) is 2. The minimum Gasteiger partial charge on any atom is -0.454 e. The minimum atomic E-state index is -0.339. The molecule has 0 unspecified atom stereocenters. The van der Waals surface area contributed by atoms with E-state index in [1.165, 1.54) is 11.8 Å². The largest absolute Gasteiger partial charge is 0.454 e. The molecule has 0 spiro atoms. The van der Waals surface area contributed by atoms with Crippen molar-refractivity contribution in [2.24, 2.45) is 5.10 Å². The van der Waals surface area contributed by atoms with Crippen molar-refractivity contribution in [2.75, 3.05) is 6.79 Å². The number of hydrazone groups is 1. The van der Waals surface area contributed by atoms with Crippen LogP contribution in [0.4, 0.5) is 0 Å². The van der Waals surface area contributed by atoms with Crippen molar-refractivity contribution in [3.8, 4) is 22.8 Å². The van der Waals surface area contributed by atoms with Crippen LogP contribution in [0.1, 0.15) is 47.7 Å². The molecule has 7 heteroatoms. The molecule has 1 aliphatic rings. The lowest BCUT2D eigenvalue weighted by atomic mass is 9.96. The topological polar surface area (TPSA) is 72.8 Å². The van der Waals surface area contributed by atoms with E-state index in [4.69, 9.17) is 26.1 Å². The molecule has 0 radical (unpaired) electrons. The highest BCUT2D eigenvalue weighted by Crippen LogP contribution is 2.36. The molecule has 0 aliphatic carbocycles. The first kappa shape index (κ1) is 22.9. The van der Waals surface area contributed by atoms with Gasteiger partial charge >= 0.3 is 0 Å². The number of pyridine rings is 1. The Bertz CT molecular complexity index is 1430. The van der Waals surface area contributed by atoms with Crippen LogP contribution in [0, 0.1) is 0 Å². The smallest absolute Gasteiger partial charge is 0.272 e. The van der Waals surface area contributed by atoms with Gasteiger partial charge in [0.25, 0.3) is 5.91 Å². The Hall–Kier alpha value is -3.90. The summed E-state index contributed by atoms with van der Waals surface area (Å²) in [4.78, 5) is 18.0. The van der Waals surface area contributed by atoms with Gasteiger partial charge in [0.15, 0.2) is 11.5 Å². The Morgan fingerprint density at radius 3 is 2.63 bits per heavy atom. The van der Waals surface area contributed by atoms with Crippen molar-refractivity contribution in [1.29, 1.82) is 0 Å². The molecule has 35 heavy (non-hydrogen) atoms. The van der Waals surface area contributed by atoms with Gasteiger partial charge in [-0.15, -0.1) is 0 Å². The van der Waals surface area contributed by atoms with Crippen LogP contribution >= 0.6 is 11.6 Å². The first-order chi connectivity index (χ1) is 17.0. The molecule has 4 aromatic rings. The zero-order valence-electron chi connectivity index (χ0n) is 19.4. The van der Waals surface area contributed by atoms with E-state index >= 15 is 0 Å². The van der Waals surface area contributed by atoms with Gasteiger partial charge in [0.2, 0.25) is 6.79 Å². The molecule has 1 atom stereocenters. The monoisotopic (exact) mass is 485 g/mol. The van der Waals surface area contributed by atoms with Crippen LogP contribution in [0.5, 0.6) is 11.5 Å². The molecule has 5 rings (SSSR count). The fourth-order valence-electron chi connectivity index (χ4n) is 3.98. The Kier molecular flexibility index (Phi) is 6.38. The number of hydrogen-bond donors (Lipinski definition) is 1. The molecule has 6 nitrogen and oxygen atoms in total. The number of para-hydroxylation sites is 1. The molecular weight excluding hydrogens is 462 g/mol. The molecule has 1 aromatic heterocycles. The van der Waals surface area contributed by atoms with Gasteiger partial charge < -0.3 is 9.47 Å². The molecule has 1 N–H and O–H groups in total. The molecule has 0 saturated carbocycles. The van der Waals surface area contributed by atoms with Crippen molar-refractivity contribution in [3.63, 3.8) is 0 Å². The zero-order chi connectivity index (χ0) is 24.4. The second kappa shape index (κ2) is 9.76. The quantitative estimate of drug-likeness (QED) is 0.248. The Morgan fingerprint density at radius 1 is 1.11 bits per heavy atom. The van der Waals surface area contributed by atoms with Crippen LogP contribution in [0.15, 0.2) is 71.8 Å². The summed E-state index contributed by atoms with van der Waals surface area (Å²) in [6, 6.07) is 21.1. The molecule has 1 aliphatic heterocycles. The number of fused-ring (bicyclic) bond motifs is 2. The van der Waals surface area contributed by atoms with Gasteiger partial charge in [0, 0.05) is 22.6 Å². The third kappa shape index (κ3) is 4.70. The highest BCUT2D eigenvalue weighted by Gasteiger charge is 2.17. The van der Waals surface area contributed by atoms with E-state index in [1.807, 2.05) is 24.3 Å². The summed E-state index contributed by atoms with van der Waals surface area (Å²) in [5, 5.41) is 5.33. The van der Waals surface area contributed by atoms with Crippen LogP contribution < -0.4 is 14.9 Å². The second-order valence-corrected chi connectivity index (χ2v) is 8.84. The second-order valence-electron chi connectivity index (χ2n) is 8.43. The summed E-state index contributed by atoms with van der Waals surface area (Å²) in [5.74, 6) is 1.33. The maximum atomic E-state index is 13.2. The minimum absolute atomic E-state index is 0.154. The number of nitrogens with one attached hydrogen (secondary N) is 1. The maximum absolute atomic E-state index is 13.2. The third-order valence-corrected chi connectivity index (χ3v) is 6.54. The van der Waals surface area contributed by atoms with Crippen LogP contribution in [-0.2, 0) is 0 Å². The van der Waals surface area contributed by atoms with Crippen LogP contribution in [0.25, 0.3) is 22.2 Å². The van der Waals surface area contributed by atoms with E-state index in [0.29, 0.717) is 33.6 Å². The summed E-state index contributed by atoms with van der Waals surface area (Å²) in [6.45, 7) is 4.54. The van der Waals surface area contributed by atoms with Crippen molar-refractivity contribution >= 4 is 34.6 Å². The molecule has 0 saturated heterocycles. The fourth-order valence-corrected chi connectivity index (χ4v) is 4.18. The Morgan fingerprint density at radius 2 is 1.86 bits per heavy atom. The number of benzene rings is 3. The molecular formula is C28H24ClN3O3. The summed E-state index contributed by atoms with van der Waals surface area (Å²) in [5.41, 5.74) is 7.42. The molecule has 1 amide bonds. The van der Waals surface area contributed by atoms with Gasteiger partial charge in [0.05, 0.1) is 28.0 Å². The number of halogens is 1. The number of rotatable bonds is 6. The van der Waals surface area contributed by atoms with E-state index in [2.05, 4.69) is 48.6 Å². The normalized spacial score (nSPS) is 13.3. The van der Waals surface area contributed by atoms with Gasteiger partial charge in [-0.2, -0.15) is 5.10 Å². The Labute approximate surface area is 208 Å². The number of nitrogens with zero attached hydrogens (tertiary/aromatic N) is 2. The SMILES string of the molecule is CC[C@@H](C)c1ccc(-c2cc(C(=O)N/N=C\c3cc4c(cc3Cl)OCO4)c3ccccc3n2)cc1. The van der Waals surface area contributed by atoms with Crippen molar-refractivity contribution in [3.05, 3.63) is 88.4 Å². The Balaban J connectivity index is 1.43. The summed E-state index contributed by atoms with van der Waals surface area (Å²) in [6.07, 6.45) is 2.57. The number of carbonyl (C=O) groups excluding carboxylic acids is 1. The van der Waals surface area contributed by atoms with Crippen LogP contribution in [0.2, 0.25) is 5.02 Å². The summed E-state index contributed by atoms with van der Waals surface area (Å²) >= 11 is 6.30. The van der Waals surface area contributed by atoms with Crippen LogP contribution in [-0.4, -0.2) is 23.9 Å². The number of amides is 1. The van der Waals surface area contributed by atoms with Crippen molar-refractivity contribution in [1.82, 2.24) is 10.4 Å². The molecule has 0 fully saturated rings. The lowest BCUT2D eigenvalue weighted by Gasteiger charge is -2.11. The maximum Gasteiger partial charge on any atom is 0.272 e. The van der Waals surface area contributed by atoms with Gasteiger partial charge in [-0.3, -0.25) is 4.79 Å². The highest BCUT2D eigenvalue weighted by atomic mass is 35.5. The van der Waals surface area contributed by atoms with E-state index in [-0.39, 0.29) is 12.7 Å². The van der Waals surface area contributed by atoms with Gasteiger partial charge in [0.1, 0.15) is 0 Å². The molecule has 2 heterocycles. The lowest BCUT2D eigenvalue weighted by molar-refractivity contribution is 0.0956. The van der Waals surface area contributed by atoms with Crippen LogP contribution in [0.3, 0.4) is 0 Å². The number of carbonyl (C=O) groups is 1. The predicted molar refractivity (Wildman–Crippen MR) is 139 cm³/mol. The van der Waals surface area contributed by atoms with E-state index < -0.39 is 0 Å². The average molecular weight is 486 g/mol. The standard InChI is InChI=1S/C28H24ClN3O3/c1-3-17(2)18-8-10-19(11-9-18)25-13-22(21-6-4-5-7-24(21)31-25)28(33)32-30-15-20-12-26-27(14-23(20)29)35-16-34-26/h4-15,17H,3,16H2,1-2H3,(H,32,33)/b30-15-/t17-/m1/s1. The van der Waals surface area contributed by atoms with E-state index in [1.54, 1.807) is 18.2 Å². The van der Waals surface area contributed by atoms with Crippen molar-refractivity contribution in [2.45, 2.75) is 26.2 Å². The van der Waals surface area contributed by atoms with Gasteiger partial charge in [-0.1, -0.05) is 67.9 Å². The summed E-state index contributed by atoms with van der Waals surface area (Å²) in [7, 11) is 0. The van der Waals surface area contributed by atoms with Crippen molar-refractivity contribution < 1.29 is 14.3 Å². The average Bonchev–Trinajstić information content (AvgIpc) is 3.34. The van der Waals surface area contributed by atoms with E-state index in [0.717, 1.165) is 28.6 Å². The number of aromatic nitrogens is 1. The first-order valence-electron chi connectivity index (χ1n) is 11.5. The van der Waals surface area contributed by atoms with Gasteiger partial charge in [-0.25, -0.2) is 10.4 Å². The number of hydrogen-bond acceptors (Lipinski definition) is 5. The molecule has 176 valence electrons. The third-order valence-electron chi connectivity index (χ3n) is 6.21. The highest BCUT2D eigenvalue weighted by molar-refractivity contribution is 6.33.